The van der Waals surface area contributed by atoms with Gasteiger partial charge in [0.25, 0.3) is 5.91 Å². The van der Waals surface area contributed by atoms with Crippen molar-refractivity contribution in [3.05, 3.63) is 24.0 Å². The Kier molecular flexibility index (Phi) is 5.86. The average Bonchev–Trinajstić information content (AvgIpc) is 3.18. The van der Waals surface area contributed by atoms with Crippen LogP contribution in [-0.2, 0) is 0 Å². The summed E-state index contributed by atoms with van der Waals surface area (Å²) in [7, 11) is 0. The van der Waals surface area contributed by atoms with Crippen molar-refractivity contribution in [1.82, 2.24) is 9.88 Å². The van der Waals surface area contributed by atoms with Gasteiger partial charge >= 0.3 is 0 Å². The number of anilines is 1. The lowest BCUT2D eigenvalue weighted by molar-refractivity contribution is 0.0995. The number of piperazine rings is 1. The summed E-state index contributed by atoms with van der Waals surface area (Å²) in [4.78, 5) is 20.4. The van der Waals surface area contributed by atoms with Crippen molar-refractivity contribution in [3.63, 3.8) is 0 Å². The summed E-state index contributed by atoms with van der Waals surface area (Å²) in [6.45, 7) is 11.5. The second-order valence-corrected chi connectivity index (χ2v) is 8.31. The number of pyridine rings is 1. The molecule has 2 unspecified atom stereocenters. The minimum Gasteiger partial charge on any atom is -0.368 e. The molecule has 0 aromatic carbocycles. The minimum atomic E-state index is -0.469. The monoisotopic (exact) mass is 358 g/mol. The molecule has 5 heteroatoms. The number of rotatable bonds is 6. The van der Waals surface area contributed by atoms with E-state index in [0.29, 0.717) is 11.1 Å². The minimum absolute atomic E-state index is 0.333. The van der Waals surface area contributed by atoms with Crippen molar-refractivity contribution >= 4 is 11.6 Å². The molecule has 144 valence electrons. The molecule has 3 rings (SSSR count). The molecule has 1 aromatic heterocycles. The van der Waals surface area contributed by atoms with Gasteiger partial charge in [-0.1, -0.05) is 33.6 Å². The quantitative estimate of drug-likeness (QED) is 0.847. The Hall–Kier alpha value is -1.62. The summed E-state index contributed by atoms with van der Waals surface area (Å²) >= 11 is 0. The second kappa shape index (κ2) is 7.95. The Labute approximate surface area is 157 Å². The number of nitrogens with zero attached hydrogens (tertiary/aromatic N) is 3. The largest absolute Gasteiger partial charge is 0.368 e. The van der Waals surface area contributed by atoms with Crippen LogP contribution in [0.25, 0.3) is 0 Å². The molecule has 26 heavy (non-hydrogen) atoms. The molecular weight excluding hydrogens is 324 g/mol. The molecule has 0 bridgehead atoms. The molecule has 1 aromatic rings. The maximum atomic E-state index is 11.2. The van der Waals surface area contributed by atoms with E-state index in [-0.39, 0.29) is 0 Å². The van der Waals surface area contributed by atoms with Gasteiger partial charge in [0.2, 0.25) is 0 Å². The highest BCUT2D eigenvalue weighted by Crippen LogP contribution is 2.45. The van der Waals surface area contributed by atoms with Gasteiger partial charge < -0.3 is 10.6 Å². The number of nitrogens with two attached hydrogens (primary N) is 1. The van der Waals surface area contributed by atoms with E-state index in [0.717, 1.165) is 43.8 Å². The SMILES string of the molecule is CCC(C)(CC)C1CCC(N2CCN(c3ccc(C(N)=O)nc3)CC2)C1. The molecular formula is C21H34N4O. The van der Waals surface area contributed by atoms with Crippen LogP contribution in [0, 0.1) is 11.3 Å². The molecule has 2 atom stereocenters. The highest BCUT2D eigenvalue weighted by molar-refractivity contribution is 5.90. The normalized spacial score (nSPS) is 24.8. The molecule has 2 N–H and O–H groups in total. The van der Waals surface area contributed by atoms with E-state index in [1.54, 1.807) is 12.3 Å². The third-order valence-electron chi connectivity index (χ3n) is 7.20. The fourth-order valence-corrected chi connectivity index (χ4v) is 4.81. The molecule has 1 amide bonds. The van der Waals surface area contributed by atoms with Crippen LogP contribution >= 0.6 is 0 Å². The van der Waals surface area contributed by atoms with Crippen LogP contribution in [0.3, 0.4) is 0 Å². The lowest BCUT2D eigenvalue weighted by Gasteiger charge is -2.40. The van der Waals surface area contributed by atoms with Crippen molar-refractivity contribution < 1.29 is 4.79 Å². The van der Waals surface area contributed by atoms with E-state index in [1.165, 1.54) is 32.1 Å². The Morgan fingerprint density at radius 1 is 1.19 bits per heavy atom. The zero-order valence-corrected chi connectivity index (χ0v) is 16.6. The molecule has 1 aliphatic heterocycles. The van der Waals surface area contributed by atoms with Gasteiger partial charge in [-0.15, -0.1) is 0 Å². The molecule has 2 fully saturated rings. The van der Waals surface area contributed by atoms with E-state index >= 15 is 0 Å². The van der Waals surface area contributed by atoms with E-state index in [1.807, 2.05) is 6.07 Å². The second-order valence-electron chi connectivity index (χ2n) is 8.31. The van der Waals surface area contributed by atoms with Gasteiger partial charge in [-0.25, -0.2) is 4.98 Å². The maximum Gasteiger partial charge on any atom is 0.267 e. The van der Waals surface area contributed by atoms with E-state index in [2.05, 4.69) is 35.6 Å². The molecule has 1 saturated carbocycles. The third-order valence-corrected chi connectivity index (χ3v) is 7.20. The molecule has 0 spiro atoms. The van der Waals surface area contributed by atoms with E-state index < -0.39 is 5.91 Å². The zero-order valence-electron chi connectivity index (χ0n) is 16.6. The maximum absolute atomic E-state index is 11.2. The van der Waals surface area contributed by atoms with E-state index in [9.17, 15) is 4.79 Å². The van der Waals surface area contributed by atoms with Crippen LogP contribution in [0.5, 0.6) is 0 Å². The standard InChI is InChI=1S/C21H34N4O/c1-4-21(3,5-2)16-6-7-17(14-16)24-10-12-25(13-11-24)18-8-9-19(20(22)26)23-15-18/h8-9,15-17H,4-7,10-14H2,1-3H3,(H2,22,26). The number of carbonyl (C=O) groups is 1. The summed E-state index contributed by atoms with van der Waals surface area (Å²) in [5, 5.41) is 0. The first-order chi connectivity index (χ1) is 12.5. The number of amides is 1. The molecule has 5 nitrogen and oxygen atoms in total. The van der Waals surface area contributed by atoms with Crippen LogP contribution in [0.2, 0.25) is 0 Å². The number of hydrogen-bond acceptors (Lipinski definition) is 4. The van der Waals surface area contributed by atoms with Crippen molar-refractivity contribution in [3.8, 4) is 0 Å². The lowest BCUT2D eigenvalue weighted by Crippen LogP contribution is -2.50. The smallest absolute Gasteiger partial charge is 0.267 e. The highest BCUT2D eigenvalue weighted by atomic mass is 16.1. The predicted octanol–water partition coefficient (Wildman–Crippen LogP) is 3.30. The van der Waals surface area contributed by atoms with Crippen molar-refractivity contribution in [1.29, 1.82) is 0 Å². The summed E-state index contributed by atoms with van der Waals surface area (Å²) in [5.41, 5.74) is 7.21. The molecule has 1 saturated heterocycles. The van der Waals surface area contributed by atoms with Crippen LogP contribution in [-0.4, -0.2) is 48.0 Å². The Morgan fingerprint density at radius 3 is 2.42 bits per heavy atom. The van der Waals surface area contributed by atoms with Crippen molar-refractivity contribution in [2.45, 2.75) is 58.9 Å². The number of aromatic nitrogens is 1. The summed E-state index contributed by atoms with van der Waals surface area (Å²) in [6.07, 6.45) is 8.48. The first-order valence-electron chi connectivity index (χ1n) is 10.2. The molecule has 0 radical (unpaired) electrons. The Bertz CT molecular complexity index is 603. The van der Waals surface area contributed by atoms with Crippen LogP contribution in [0.4, 0.5) is 5.69 Å². The Morgan fingerprint density at radius 2 is 1.88 bits per heavy atom. The molecule has 2 heterocycles. The summed E-state index contributed by atoms with van der Waals surface area (Å²) < 4.78 is 0. The first kappa shape index (κ1) is 19.2. The van der Waals surface area contributed by atoms with Crippen LogP contribution in [0.15, 0.2) is 18.3 Å². The van der Waals surface area contributed by atoms with Gasteiger partial charge in [-0.05, 0) is 42.7 Å². The van der Waals surface area contributed by atoms with Gasteiger partial charge in [-0.2, -0.15) is 0 Å². The third kappa shape index (κ3) is 3.88. The van der Waals surface area contributed by atoms with Gasteiger partial charge in [-0.3, -0.25) is 9.69 Å². The summed E-state index contributed by atoms with van der Waals surface area (Å²) in [6, 6.07) is 4.44. The van der Waals surface area contributed by atoms with Gasteiger partial charge in [0.05, 0.1) is 11.9 Å². The van der Waals surface area contributed by atoms with Gasteiger partial charge in [0.15, 0.2) is 0 Å². The van der Waals surface area contributed by atoms with E-state index in [4.69, 9.17) is 5.73 Å². The number of carbonyl (C=O) groups excluding carboxylic acids is 1. The highest BCUT2D eigenvalue weighted by Gasteiger charge is 2.39. The Balaban J connectivity index is 1.53. The van der Waals surface area contributed by atoms with Crippen molar-refractivity contribution in [2.24, 2.45) is 17.1 Å². The van der Waals surface area contributed by atoms with Crippen molar-refractivity contribution in [2.75, 3.05) is 31.1 Å². The molecule has 1 aliphatic carbocycles. The zero-order chi connectivity index (χ0) is 18.7. The predicted molar refractivity (Wildman–Crippen MR) is 106 cm³/mol. The topological polar surface area (TPSA) is 62.5 Å². The molecule has 2 aliphatic rings. The average molecular weight is 359 g/mol. The van der Waals surface area contributed by atoms with Gasteiger partial charge in [0, 0.05) is 32.2 Å². The fourth-order valence-electron chi connectivity index (χ4n) is 4.81. The number of primary amides is 1. The summed E-state index contributed by atoms with van der Waals surface area (Å²) in [5.74, 6) is 0.411. The van der Waals surface area contributed by atoms with Crippen LogP contribution < -0.4 is 10.6 Å². The first-order valence-corrected chi connectivity index (χ1v) is 10.2. The van der Waals surface area contributed by atoms with Crippen LogP contribution in [0.1, 0.15) is 63.4 Å². The lowest BCUT2D eigenvalue weighted by atomic mass is 9.72. The fraction of sp³-hybridized carbons (Fsp3) is 0.714. The van der Waals surface area contributed by atoms with Gasteiger partial charge in [0.1, 0.15) is 5.69 Å². The number of hydrogen-bond donors (Lipinski definition) is 1.